The number of benzene rings is 1. The first-order valence-corrected chi connectivity index (χ1v) is 6.78. The summed E-state index contributed by atoms with van der Waals surface area (Å²) in [7, 11) is 3.26. The molecule has 1 aromatic carbocycles. The number of ether oxygens (including phenoxy) is 2. The van der Waals surface area contributed by atoms with Gasteiger partial charge in [0.25, 0.3) is 0 Å². The molecule has 0 atom stereocenters. The summed E-state index contributed by atoms with van der Waals surface area (Å²) in [6.07, 6.45) is 0. The lowest BCUT2D eigenvalue weighted by molar-refractivity contribution is 0.0795. The van der Waals surface area contributed by atoms with Crippen molar-refractivity contribution in [1.29, 1.82) is 0 Å². The van der Waals surface area contributed by atoms with Crippen molar-refractivity contribution in [1.82, 2.24) is 5.32 Å². The van der Waals surface area contributed by atoms with E-state index < -0.39 is 5.60 Å². The second kappa shape index (κ2) is 6.58. The number of halogens is 1. The Balaban J connectivity index is 2.76. The normalized spacial score (nSPS) is 11.4. The van der Waals surface area contributed by atoms with Gasteiger partial charge in [-0.3, -0.25) is 0 Å². The number of rotatable bonds is 6. The van der Waals surface area contributed by atoms with Crippen molar-refractivity contribution >= 4 is 22.6 Å². The van der Waals surface area contributed by atoms with Crippen molar-refractivity contribution in [3.63, 3.8) is 0 Å². The van der Waals surface area contributed by atoms with Crippen LogP contribution in [0.1, 0.15) is 19.4 Å². The van der Waals surface area contributed by atoms with Crippen LogP contribution in [0.3, 0.4) is 0 Å². The maximum absolute atomic E-state index is 9.62. The predicted octanol–water partition coefficient (Wildman–Crippen LogP) is 2.17. The fourth-order valence-corrected chi connectivity index (χ4v) is 2.47. The molecular formula is C13H20INO3. The molecule has 0 heterocycles. The Morgan fingerprint density at radius 2 is 1.94 bits per heavy atom. The Bertz CT molecular complexity index is 402. The van der Waals surface area contributed by atoms with Crippen LogP contribution in [0.15, 0.2) is 12.1 Å². The number of hydrogen-bond acceptors (Lipinski definition) is 4. The van der Waals surface area contributed by atoms with E-state index in [1.807, 2.05) is 12.1 Å². The van der Waals surface area contributed by atoms with E-state index in [2.05, 4.69) is 27.9 Å². The molecule has 0 saturated heterocycles. The molecule has 0 radical (unpaired) electrons. The van der Waals surface area contributed by atoms with Crippen LogP contribution in [0, 0.1) is 3.57 Å². The Hall–Kier alpha value is -0.530. The molecule has 5 heteroatoms. The van der Waals surface area contributed by atoms with Gasteiger partial charge in [0.05, 0.1) is 23.4 Å². The lowest BCUT2D eigenvalue weighted by Crippen LogP contribution is -2.34. The summed E-state index contributed by atoms with van der Waals surface area (Å²) in [5, 5.41) is 12.8. The third-order valence-corrected chi connectivity index (χ3v) is 3.18. The van der Waals surface area contributed by atoms with Crippen LogP contribution < -0.4 is 14.8 Å². The molecule has 1 aromatic rings. The molecule has 2 N–H and O–H groups in total. The molecular weight excluding hydrogens is 345 g/mol. The molecule has 4 nitrogen and oxygen atoms in total. The smallest absolute Gasteiger partial charge is 0.174 e. The lowest BCUT2D eigenvalue weighted by Gasteiger charge is -2.18. The molecule has 0 spiro atoms. The summed E-state index contributed by atoms with van der Waals surface area (Å²) in [6, 6.07) is 3.98. The monoisotopic (exact) mass is 365 g/mol. The van der Waals surface area contributed by atoms with Crippen LogP contribution >= 0.6 is 22.6 Å². The summed E-state index contributed by atoms with van der Waals surface area (Å²) >= 11 is 2.22. The van der Waals surface area contributed by atoms with Crippen LogP contribution in [0.5, 0.6) is 11.5 Å². The van der Waals surface area contributed by atoms with Crippen LogP contribution in [0.25, 0.3) is 0 Å². The minimum atomic E-state index is -0.705. The Morgan fingerprint density at radius 1 is 1.28 bits per heavy atom. The topological polar surface area (TPSA) is 50.7 Å². The van der Waals surface area contributed by atoms with Crippen molar-refractivity contribution in [2.24, 2.45) is 0 Å². The predicted molar refractivity (Wildman–Crippen MR) is 80.3 cm³/mol. The SMILES string of the molecule is COc1cc(CNCC(C)(C)O)cc(I)c1OC. The van der Waals surface area contributed by atoms with E-state index in [4.69, 9.17) is 9.47 Å². The first-order valence-electron chi connectivity index (χ1n) is 5.71. The Kier molecular flexibility index (Phi) is 5.68. The maximum Gasteiger partial charge on any atom is 0.174 e. The maximum atomic E-state index is 9.62. The van der Waals surface area contributed by atoms with Gasteiger partial charge in [-0.25, -0.2) is 0 Å². The zero-order valence-corrected chi connectivity index (χ0v) is 13.4. The molecule has 0 aliphatic heterocycles. The van der Waals surface area contributed by atoms with Gasteiger partial charge in [0.2, 0.25) is 0 Å². The summed E-state index contributed by atoms with van der Waals surface area (Å²) in [6.45, 7) is 4.77. The average Bonchev–Trinajstić information content (AvgIpc) is 2.26. The van der Waals surface area contributed by atoms with Crippen molar-refractivity contribution in [3.05, 3.63) is 21.3 Å². The third-order valence-electron chi connectivity index (χ3n) is 2.38. The number of hydrogen-bond donors (Lipinski definition) is 2. The molecule has 0 amide bonds. The van der Waals surface area contributed by atoms with E-state index in [1.54, 1.807) is 28.1 Å². The van der Waals surface area contributed by atoms with E-state index in [1.165, 1.54) is 0 Å². The molecule has 0 aliphatic rings. The van der Waals surface area contributed by atoms with Crippen LogP contribution in [-0.2, 0) is 6.54 Å². The van der Waals surface area contributed by atoms with Crippen LogP contribution in [-0.4, -0.2) is 31.5 Å². The highest BCUT2D eigenvalue weighted by molar-refractivity contribution is 14.1. The molecule has 102 valence electrons. The van der Waals surface area contributed by atoms with Crippen molar-refractivity contribution in [2.75, 3.05) is 20.8 Å². The minimum absolute atomic E-state index is 0.540. The van der Waals surface area contributed by atoms with Gasteiger partial charge in [0.1, 0.15) is 0 Å². The number of methoxy groups -OCH3 is 2. The molecule has 0 fully saturated rings. The third kappa shape index (κ3) is 4.62. The quantitative estimate of drug-likeness (QED) is 0.759. The lowest BCUT2D eigenvalue weighted by atomic mass is 10.1. The zero-order chi connectivity index (χ0) is 13.8. The number of nitrogens with one attached hydrogen (secondary N) is 1. The Morgan fingerprint density at radius 3 is 2.44 bits per heavy atom. The van der Waals surface area contributed by atoms with Crippen molar-refractivity contribution < 1.29 is 14.6 Å². The van der Waals surface area contributed by atoms with Gasteiger partial charge in [-0.05, 0) is 54.1 Å². The van der Waals surface area contributed by atoms with Gasteiger partial charge in [0, 0.05) is 13.1 Å². The fourth-order valence-electron chi connectivity index (χ4n) is 1.59. The second-order valence-electron chi connectivity index (χ2n) is 4.73. The molecule has 18 heavy (non-hydrogen) atoms. The van der Waals surface area contributed by atoms with E-state index >= 15 is 0 Å². The molecule has 0 bridgehead atoms. The van der Waals surface area contributed by atoms with Gasteiger partial charge in [-0.1, -0.05) is 0 Å². The summed E-state index contributed by atoms with van der Waals surface area (Å²) in [4.78, 5) is 0. The van der Waals surface area contributed by atoms with E-state index in [0.29, 0.717) is 13.1 Å². The molecule has 0 saturated carbocycles. The van der Waals surface area contributed by atoms with Gasteiger partial charge < -0.3 is 19.9 Å². The Labute approximate surface area is 122 Å². The zero-order valence-electron chi connectivity index (χ0n) is 11.2. The molecule has 1 rings (SSSR count). The van der Waals surface area contributed by atoms with Crippen molar-refractivity contribution in [2.45, 2.75) is 26.0 Å². The first-order chi connectivity index (χ1) is 8.37. The molecule has 0 unspecified atom stereocenters. The minimum Gasteiger partial charge on any atom is -0.493 e. The van der Waals surface area contributed by atoms with E-state index in [9.17, 15) is 5.11 Å². The van der Waals surface area contributed by atoms with Gasteiger partial charge >= 0.3 is 0 Å². The summed E-state index contributed by atoms with van der Waals surface area (Å²) < 4.78 is 11.6. The van der Waals surface area contributed by atoms with E-state index in [-0.39, 0.29) is 0 Å². The summed E-state index contributed by atoms with van der Waals surface area (Å²) in [5.41, 5.74) is 0.394. The van der Waals surface area contributed by atoms with E-state index in [0.717, 1.165) is 20.6 Å². The van der Waals surface area contributed by atoms with Gasteiger partial charge in [-0.2, -0.15) is 0 Å². The summed E-state index contributed by atoms with van der Waals surface area (Å²) in [5.74, 6) is 1.48. The second-order valence-corrected chi connectivity index (χ2v) is 5.89. The highest BCUT2D eigenvalue weighted by Crippen LogP contribution is 2.33. The fraction of sp³-hybridized carbons (Fsp3) is 0.538. The van der Waals surface area contributed by atoms with Gasteiger partial charge in [-0.15, -0.1) is 0 Å². The molecule has 0 aliphatic carbocycles. The largest absolute Gasteiger partial charge is 0.493 e. The number of aliphatic hydroxyl groups is 1. The van der Waals surface area contributed by atoms with Crippen LogP contribution in [0.4, 0.5) is 0 Å². The average molecular weight is 365 g/mol. The standard InChI is InChI=1S/C13H20INO3/c1-13(2,16)8-15-7-9-5-10(14)12(18-4)11(6-9)17-3/h5-6,15-16H,7-8H2,1-4H3. The van der Waals surface area contributed by atoms with Crippen LogP contribution in [0.2, 0.25) is 0 Å². The highest BCUT2D eigenvalue weighted by Gasteiger charge is 2.13. The molecule has 0 aromatic heterocycles. The van der Waals surface area contributed by atoms with Crippen molar-refractivity contribution in [3.8, 4) is 11.5 Å². The highest BCUT2D eigenvalue weighted by atomic mass is 127. The van der Waals surface area contributed by atoms with Gasteiger partial charge in [0.15, 0.2) is 11.5 Å². The first kappa shape index (κ1) is 15.5.